The first kappa shape index (κ1) is 12.4. The van der Waals surface area contributed by atoms with E-state index in [0.717, 1.165) is 30.3 Å². The van der Waals surface area contributed by atoms with Gasteiger partial charge in [-0.05, 0) is 19.4 Å². The molecule has 19 heavy (non-hydrogen) atoms. The van der Waals surface area contributed by atoms with E-state index >= 15 is 0 Å². The van der Waals surface area contributed by atoms with Crippen LogP contribution in [0.1, 0.15) is 17.0 Å². The molecule has 3 aromatic heterocycles. The average Bonchev–Trinajstić information content (AvgIpc) is 3.03. The Morgan fingerprint density at radius 3 is 3.05 bits per heavy atom. The predicted molar refractivity (Wildman–Crippen MR) is 76.5 cm³/mol. The Balaban J connectivity index is 1.57. The maximum absolute atomic E-state index is 4.54. The largest absolute Gasteiger partial charge is 0.309 e. The smallest absolute Gasteiger partial charge is 0.194 e. The van der Waals surface area contributed by atoms with Gasteiger partial charge >= 0.3 is 0 Å². The maximum atomic E-state index is 4.54. The van der Waals surface area contributed by atoms with Crippen molar-refractivity contribution < 1.29 is 0 Å². The second-order valence-electron chi connectivity index (χ2n) is 4.66. The van der Waals surface area contributed by atoms with Crippen LogP contribution in [0, 0.1) is 13.8 Å². The molecule has 0 radical (unpaired) electrons. The van der Waals surface area contributed by atoms with Crippen LogP contribution in [0.25, 0.3) is 4.96 Å². The SMILES string of the molecule is Cc1cnn(CCNCc2c(C)nc3sccn23)c1. The summed E-state index contributed by atoms with van der Waals surface area (Å²) in [7, 11) is 0. The summed E-state index contributed by atoms with van der Waals surface area (Å²) in [6, 6.07) is 0. The van der Waals surface area contributed by atoms with Gasteiger partial charge in [0.25, 0.3) is 0 Å². The van der Waals surface area contributed by atoms with Crippen LogP contribution >= 0.6 is 11.3 Å². The van der Waals surface area contributed by atoms with Crippen molar-refractivity contribution >= 4 is 16.3 Å². The summed E-state index contributed by atoms with van der Waals surface area (Å²) < 4.78 is 4.12. The Hall–Kier alpha value is -1.66. The number of nitrogens with one attached hydrogen (secondary N) is 1. The Morgan fingerprint density at radius 1 is 1.37 bits per heavy atom. The van der Waals surface area contributed by atoms with Crippen molar-refractivity contribution in [2.45, 2.75) is 26.9 Å². The summed E-state index contributed by atoms with van der Waals surface area (Å²) in [6.45, 7) is 6.74. The third-order valence-electron chi connectivity index (χ3n) is 3.13. The minimum atomic E-state index is 0.837. The second kappa shape index (κ2) is 5.14. The molecule has 1 N–H and O–H groups in total. The number of nitrogens with zero attached hydrogens (tertiary/aromatic N) is 4. The third-order valence-corrected chi connectivity index (χ3v) is 3.89. The number of imidazole rings is 1. The number of aromatic nitrogens is 4. The van der Waals surface area contributed by atoms with Gasteiger partial charge in [-0.15, -0.1) is 11.3 Å². The molecule has 0 spiro atoms. The van der Waals surface area contributed by atoms with Crippen molar-refractivity contribution in [2.24, 2.45) is 0 Å². The van der Waals surface area contributed by atoms with E-state index in [1.165, 1.54) is 11.3 Å². The molecule has 0 fully saturated rings. The minimum absolute atomic E-state index is 0.837. The first-order valence-electron chi connectivity index (χ1n) is 6.35. The van der Waals surface area contributed by atoms with E-state index in [-0.39, 0.29) is 0 Å². The summed E-state index contributed by atoms with van der Waals surface area (Å²) in [5.74, 6) is 0. The highest BCUT2D eigenvalue weighted by Gasteiger charge is 2.08. The number of hydrogen-bond acceptors (Lipinski definition) is 4. The van der Waals surface area contributed by atoms with Gasteiger partial charge in [0.1, 0.15) is 0 Å². The van der Waals surface area contributed by atoms with E-state index in [0.29, 0.717) is 0 Å². The van der Waals surface area contributed by atoms with Crippen molar-refractivity contribution in [2.75, 3.05) is 6.54 Å². The van der Waals surface area contributed by atoms with Gasteiger partial charge in [0.15, 0.2) is 4.96 Å². The maximum Gasteiger partial charge on any atom is 0.194 e. The highest BCUT2D eigenvalue weighted by molar-refractivity contribution is 7.15. The average molecular weight is 275 g/mol. The standard InChI is InChI=1S/C13H17N5S/c1-10-7-15-17(9-10)4-3-14-8-12-11(2)16-13-18(12)5-6-19-13/h5-7,9,14H,3-4,8H2,1-2H3. The van der Waals surface area contributed by atoms with Crippen LogP contribution in [0.4, 0.5) is 0 Å². The fourth-order valence-corrected chi connectivity index (χ4v) is 2.92. The van der Waals surface area contributed by atoms with Crippen LogP contribution in [0.15, 0.2) is 24.0 Å². The van der Waals surface area contributed by atoms with Gasteiger partial charge in [-0.3, -0.25) is 9.08 Å². The molecule has 6 heteroatoms. The van der Waals surface area contributed by atoms with Crippen LogP contribution in [0.3, 0.4) is 0 Å². The van der Waals surface area contributed by atoms with Crippen molar-refractivity contribution in [3.63, 3.8) is 0 Å². The summed E-state index contributed by atoms with van der Waals surface area (Å²) in [5.41, 5.74) is 3.55. The summed E-state index contributed by atoms with van der Waals surface area (Å²) in [5, 5.41) is 9.79. The van der Waals surface area contributed by atoms with E-state index in [9.17, 15) is 0 Å². The molecular formula is C13H17N5S. The Morgan fingerprint density at radius 2 is 2.26 bits per heavy atom. The minimum Gasteiger partial charge on any atom is -0.309 e. The van der Waals surface area contributed by atoms with Gasteiger partial charge in [-0.25, -0.2) is 4.98 Å². The van der Waals surface area contributed by atoms with E-state index < -0.39 is 0 Å². The number of hydrogen-bond donors (Lipinski definition) is 1. The van der Waals surface area contributed by atoms with Gasteiger partial charge in [-0.1, -0.05) is 0 Å². The van der Waals surface area contributed by atoms with Gasteiger partial charge in [0, 0.05) is 30.9 Å². The first-order valence-corrected chi connectivity index (χ1v) is 7.23. The molecule has 0 aromatic carbocycles. The van der Waals surface area contributed by atoms with E-state index in [1.54, 1.807) is 11.3 Å². The topological polar surface area (TPSA) is 47.2 Å². The number of aryl methyl sites for hydroxylation is 2. The molecule has 0 unspecified atom stereocenters. The van der Waals surface area contributed by atoms with Crippen molar-refractivity contribution in [1.82, 2.24) is 24.5 Å². The highest BCUT2D eigenvalue weighted by atomic mass is 32.1. The highest BCUT2D eigenvalue weighted by Crippen LogP contribution is 2.16. The molecule has 0 amide bonds. The molecule has 0 aliphatic rings. The van der Waals surface area contributed by atoms with Crippen molar-refractivity contribution in [3.05, 3.63) is 40.9 Å². The van der Waals surface area contributed by atoms with Crippen LogP contribution < -0.4 is 5.32 Å². The van der Waals surface area contributed by atoms with Gasteiger partial charge in [0.05, 0.1) is 24.1 Å². The van der Waals surface area contributed by atoms with E-state index in [2.05, 4.69) is 51.4 Å². The third kappa shape index (κ3) is 2.54. The van der Waals surface area contributed by atoms with Gasteiger partial charge in [-0.2, -0.15) is 5.10 Å². The van der Waals surface area contributed by atoms with Crippen LogP contribution in [-0.4, -0.2) is 25.7 Å². The number of fused-ring (bicyclic) bond motifs is 1. The lowest BCUT2D eigenvalue weighted by Crippen LogP contribution is -2.20. The first-order chi connectivity index (χ1) is 9.24. The Bertz CT molecular complexity index is 678. The van der Waals surface area contributed by atoms with Crippen LogP contribution in [0.5, 0.6) is 0 Å². The van der Waals surface area contributed by atoms with Crippen LogP contribution in [0.2, 0.25) is 0 Å². The summed E-state index contributed by atoms with van der Waals surface area (Å²) in [6.07, 6.45) is 6.02. The molecule has 100 valence electrons. The van der Waals surface area contributed by atoms with Crippen LogP contribution in [-0.2, 0) is 13.1 Å². The molecular weight excluding hydrogens is 258 g/mol. The Labute approximate surface area is 115 Å². The lowest BCUT2D eigenvalue weighted by atomic mass is 10.3. The molecule has 3 aromatic rings. The fraction of sp³-hybridized carbons (Fsp3) is 0.385. The monoisotopic (exact) mass is 275 g/mol. The molecule has 0 atom stereocenters. The lowest BCUT2D eigenvalue weighted by molar-refractivity contribution is 0.550. The molecule has 0 aliphatic heterocycles. The summed E-state index contributed by atoms with van der Waals surface area (Å²) in [4.78, 5) is 5.60. The van der Waals surface area contributed by atoms with Crippen molar-refractivity contribution in [3.8, 4) is 0 Å². The molecule has 3 heterocycles. The molecule has 3 rings (SSSR count). The predicted octanol–water partition coefficient (Wildman–Crippen LogP) is 2.00. The quantitative estimate of drug-likeness (QED) is 0.724. The zero-order valence-corrected chi connectivity index (χ0v) is 11.9. The van der Waals surface area contributed by atoms with Gasteiger partial charge < -0.3 is 5.32 Å². The van der Waals surface area contributed by atoms with E-state index in [1.807, 2.05) is 10.9 Å². The molecule has 0 saturated carbocycles. The lowest BCUT2D eigenvalue weighted by Gasteiger charge is -2.05. The number of thiazole rings is 1. The molecule has 5 nitrogen and oxygen atoms in total. The Kier molecular flexibility index (Phi) is 3.35. The van der Waals surface area contributed by atoms with Crippen molar-refractivity contribution in [1.29, 1.82) is 0 Å². The normalized spacial score (nSPS) is 11.5. The van der Waals surface area contributed by atoms with E-state index in [4.69, 9.17) is 0 Å². The molecule has 0 aliphatic carbocycles. The van der Waals surface area contributed by atoms with Gasteiger partial charge in [0.2, 0.25) is 0 Å². The fourth-order valence-electron chi connectivity index (χ4n) is 2.14. The summed E-state index contributed by atoms with van der Waals surface area (Å²) >= 11 is 1.67. The number of rotatable bonds is 5. The zero-order valence-electron chi connectivity index (χ0n) is 11.1. The molecule has 0 bridgehead atoms. The molecule has 0 saturated heterocycles. The second-order valence-corrected chi connectivity index (χ2v) is 5.53. The zero-order chi connectivity index (χ0) is 13.2.